The molecule has 0 bridgehead atoms. The van der Waals surface area contributed by atoms with Gasteiger partial charge in [0.15, 0.2) is 0 Å². The van der Waals surface area contributed by atoms with Gasteiger partial charge in [0.1, 0.15) is 11.6 Å². The first-order valence-electron chi connectivity index (χ1n) is 7.23. The van der Waals surface area contributed by atoms with Crippen molar-refractivity contribution in [2.75, 3.05) is 18.5 Å². The van der Waals surface area contributed by atoms with E-state index in [4.69, 9.17) is 0 Å². The van der Waals surface area contributed by atoms with Crippen molar-refractivity contribution in [1.29, 1.82) is 0 Å². The maximum Gasteiger partial charge on any atom is 0.128 e. The maximum atomic E-state index is 13.7. The Kier molecular flexibility index (Phi) is 5.28. The topological polar surface area (TPSA) is 28.2 Å². The smallest absolute Gasteiger partial charge is 0.128 e. The number of aromatic nitrogens is 1. The van der Waals surface area contributed by atoms with E-state index in [1.807, 2.05) is 31.0 Å². The Morgan fingerprint density at radius 1 is 1.14 bits per heavy atom. The zero-order valence-corrected chi connectivity index (χ0v) is 12.9. The normalized spacial score (nSPS) is 10.7. The summed E-state index contributed by atoms with van der Waals surface area (Å²) in [6.45, 7) is 6.36. The number of hydrogen-bond donors (Lipinski definition) is 1. The molecule has 2 rings (SSSR count). The lowest BCUT2D eigenvalue weighted by atomic mass is 10.2. The van der Waals surface area contributed by atoms with Crippen molar-refractivity contribution in [1.82, 2.24) is 10.3 Å². The average molecular weight is 287 g/mol. The highest BCUT2D eigenvalue weighted by molar-refractivity contribution is 5.42. The molecule has 0 aliphatic heterocycles. The lowest BCUT2D eigenvalue weighted by Gasteiger charge is -2.20. The molecule has 0 amide bonds. The fourth-order valence-electron chi connectivity index (χ4n) is 2.20. The number of hydrogen-bond acceptors (Lipinski definition) is 3. The van der Waals surface area contributed by atoms with E-state index in [1.54, 1.807) is 12.1 Å². The fourth-order valence-corrected chi connectivity index (χ4v) is 2.20. The van der Waals surface area contributed by atoms with Crippen LogP contribution in [0.25, 0.3) is 0 Å². The van der Waals surface area contributed by atoms with E-state index in [0.29, 0.717) is 12.1 Å². The van der Waals surface area contributed by atoms with Gasteiger partial charge in [0.25, 0.3) is 0 Å². The zero-order chi connectivity index (χ0) is 15.2. The van der Waals surface area contributed by atoms with E-state index >= 15 is 0 Å². The molecule has 1 aromatic heterocycles. The first-order valence-corrected chi connectivity index (χ1v) is 7.23. The Hall–Kier alpha value is -1.94. The SMILES string of the molecule is CCNCc1ccc(N(C)Cc2ccccc2F)nc1C. The number of anilines is 1. The van der Waals surface area contributed by atoms with E-state index in [1.165, 1.54) is 11.6 Å². The molecule has 1 N–H and O–H groups in total. The first-order chi connectivity index (χ1) is 10.1. The van der Waals surface area contributed by atoms with Crippen molar-refractivity contribution in [3.05, 3.63) is 59.0 Å². The molecule has 0 spiro atoms. The molecule has 112 valence electrons. The summed E-state index contributed by atoms with van der Waals surface area (Å²) >= 11 is 0. The lowest BCUT2D eigenvalue weighted by Crippen LogP contribution is -2.19. The summed E-state index contributed by atoms with van der Waals surface area (Å²) in [6, 6.07) is 10.9. The largest absolute Gasteiger partial charge is 0.355 e. The summed E-state index contributed by atoms with van der Waals surface area (Å²) in [4.78, 5) is 6.58. The van der Waals surface area contributed by atoms with Crippen LogP contribution in [0.15, 0.2) is 36.4 Å². The van der Waals surface area contributed by atoms with Gasteiger partial charge in [-0.2, -0.15) is 0 Å². The van der Waals surface area contributed by atoms with E-state index in [9.17, 15) is 4.39 Å². The summed E-state index contributed by atoms with van der Waals surface area (Å²) in [5.74, 6) is 0.681. The van der Waals surface area contributed by atoms with Gasteiger partial charge in [-0.05, 0) is 31.2 Å². The average Bonchev–Trinajstić information content (AvgIpc) is 2.48. The summed E-state index contributed by atoms with van der Waals surface area (Å²) < 4.78 is 13.7. The minimum absolute atomic E-state index is 0.176. The van der Waals surface area contributed by atoms with Crippen molar-refractivity contribution < 1.29 is 4.39 Å². The van der Waals surface area contributed by atoms with Crippen LogP contribution in [0.4, 0.5) is 10.2 Å². The molecule has 0 saturated heterocycles. The Bertz CT molecular complexity index is 598. The van der Waals surface area contributed by atoms with E-state index < -0.39 is 0 Å². The quantitative estimate of drug-likeness (QED) is 0.884. The lowest BCUT2D eigenvalue weighted by molar-refractivity contribution is 0.607. The van der Waals surface area contributed by atoms with Gasteiger partial charge in [-0.15, -0.1) is 0 Å². The second-order valence-electron chi connectivity index (χ2n) is 5.14. The first kappa shape index (κ1) is 15.4. The standard InChI is InChI=1S/C17H22FN3/c1-4-19-11-14-9-10-17(20-13(14)2)21(3)12-15-7-5-6-8-16(15)18/h5-10,19H,4,11-12H2,1-3H3. The van der Waals surface area contributed by atoms with Gasteiger partial charge in [-0.25, -0.2) is 9.37 Å². The highest BCUT2D eigenvalue weighted by atomic mass is 19.1. The molecule has 1 aromatic carbocycles. The second-order valence-corrected chi connectivity index (χ2v) is 5.14. The molecule has 3 nitrogen and oxygen atoms in total. The van der Waals surface area contributed by atoms with E-state index in [2.05, 4.69) is 23.3 Å². The van der Waals surface area contributed by atoms with Crippen LogP contribution in [0.1, 0.15) is 23.7 Å². The summed E-state index contributed by atoms with van der Waals surface area (Å²) in [7, 11) is 1.93. The van der Waals surface area contributed by atoms with Gasteiger partial charge >= 0.3 is 0 Å². The Morgan fingerprint density at radius 3 is 2.57 bits per heavy atom. The summed E-state index contributed by atoms with van der Waals surface area (Å²) in [5, 5.41) is 3.30. The molecule has 21 heavy (non-hydrogen) atoms. The third-order valence-electron chi connectivity index (χ3n) is 3.50. The summed E-state index contributed by atoms with van der Waals surface area (Å²) in [6.07, 6.45) is 0. The highest BCUT2D eigenvalue weighted by Gasteiger charge is 2.08. The molecule has 0 saturated carbocycles. The van der Waals surface area contributed by atoms with Crippen molar-refractivity contribution in [3.63, 3.8) is 0 Å². The molecule has 1 heterocycles. The van der Waals surface area contributed by atoms with Gasteiger partial charge in [-0.1, -0.05) is 31.2 Å². The zero-order valence-electron chi connectivity index (χ0n) is 12.9. The van der Waals surface area contributed by atoms with Gasteiger partial charge in [0, 0.05) is 31.4 Å². The fraction of sp³-hybridized carbons (Fsp3) is 0.353. The van der Waals surface area contributed by atoms with Gasteiger partial charge in [0.05, 0.1) is 0 Å². The Balaban J connectivity index is 2.11. The van der Waals surface area contributed by atoms with Gasteiger partial charge in [-0.3, -0.25) is 0 Å². The molecular weight excluding hydrogens is 265 g/mol. The third-order valence-corrected chi connectivity index (χ3v) is 3.50. The van der Waals surface area contributed by atoms with Crippen LogP contribution >= 0.6 is 0 Å². The van der Waals surface area contributed by atoms with Crippen molar-refractivity contribution in [2.24, 2.45) is 0 Å². The maximum absolute atomic E-state index is 13.7. The van der Waals surface area contributed by atoms with Crippen LogP contribution in [-0.4, -0.2) is 18.6 Å². The van der Waals surface area contributed by atoms with Gasteiger partial charge in [0.2, 0.25) is 0 Å². The van der Waals surface area contributed by atoms with Crippen LogP contribution in [0, 0.1) is 12.7 Å². The molecule has 4 heteroatoms. The number of pyridine rings is 1. The van der Waals surface area contributed by atoms with Crippen LogP contribution in [0.2, 0.25) is 0 Å². The molecular formula is C17H22FN3. The van der Waals surface area contributed by atoms with Crippen molar-refractivity contribution in [3.8, 4) is 0 Å². The number of nitrogens with zero attached hydrogens (tertiary/aromatic N) is 2. The molecule has 2 aromatic rings. The Morgan fingerprint density at radius 2 is 1.90 bits per heavy atom. The molecule has 0 aliphatic carbocycles. The van der Waals surface area contributed by atoms with Crippen molar-refractivity contribution >= 4 is 5.82 Å². The minimum Gasteiger partial charge on any atom is -0.355 e. The number of rotatable bonds is 6. The molecule has 0 aliphatic rings. The van der Waals surface area contributed by atoms with Crippen LogP contribution in [0.3, 0.4) is 0 Å². The third kappa shape index (κ3) is 4.02. The number of nitrogens with one attached hydrogen (secondary N) is 1. The van der Waals surface area contributed by atoms with Crippen LogP contribution in [0.5, 0.6) is 0 Å². The highest BCUT2D eigenvalue weighted by Crippen LogP contribution is 2.17. The number of aryl methyl sites for hydroxylation is 1. The minimum atomic E-state index is -0.176. The summed E-state index contributed by atoms with van der Waals surface area (Å²) in [5.41, 5.74) is 2.88. The van der Waals surface area contributed by atoms with E-state index in [0.717, 1.165) is 24.6 Å². The predicted molar refractivity (Wildman–Crippen MR) is 84.9 cm³/mol. The van der Waals surface area contributed by atoms with Crippen LogP contribution < -0.4 is 10.2 Å². The molecule has 0 radical (unpaired) electrons. The Labute approximate surface area is 125 Å². The van der Waals surface area contributed by atoms with Crippen molar-refractivity contribution in [2.45, 2.75) is 26.9 Å². The number of halogens is 1. The molecule has 0 fully saturated rings. The number of benzene rings is 1. The predicted octanol–water partition coefficient (Wildman–Crippen LogP) is 3.28. The van der Waals surface area contributed by atoms with E-state index in [-0.39, 0.29) is 5.82 Å². The second kappa shape index (κ2) is 7.18. The van der Waals surface area contributed by atoms with Crippen LogP contribution in [-0.2, 0) is 13.1 Å². The molecule has 0 unspecified atom stereocenters. The van der Waals surface area contributed by atoms with Gasteiger partial charge < -0.3 is 10.2 Å². The monoisotopic (exact) mass is 287 g/mol. The molecule has 0 atom stereocenters.